The molecule has 0 unspecified atom stereocenters. The molecule has 0 aliphatic carbocycles. The second kappa shape index (κ2) is 4.38. The van der Waals surface area contributed by atoms with E-state index >= 15 is 0 Å². The summed E-state index contributed by atoms with van der Waals surface area (Å²) in [4.78, 5) is 21.9. The fraction of sp³-hybridized carbons (Fsp3) is 0.182. The maximum absolute atomic E-state index is 11.3. The maximum Gasteiger partial charge on any atom is 0.338 e. The van der Waals surface area contributed by atoms with Gasteiger partial charge >= 0.3 is 5.97 Å². The van der Waals surface area contributed by atoms with E-state index in [1.54, 1.807) is 6.92 Å². The molecule has 0 spiro atoms. The largest absolute Gasteiger partial charge is 0.465 e. The highest BCUT2D eigenvalue weighted by atomic mass is 16.5. The highest BCUT2D eigenvalue weighted by Crippen LogP contribution is 2.16. The van der Waals surface area contributed by atoms with Crippen LogP contribution in [0.3, 0.4) is 0 Å². The topological polar surface area (TPSA) is 67.2 Å². The Labute approximate surface area is 87.1 Å². The molecule has 0 bridgehead atoms. The summed E-state index contributed by atoms with van der Waals surface area (Å²) >= 11 is 0. The molecule has 0 amide bonds. The van der Waals surface area contributed by atoms with E-state index in [4.69, 9.17) is 5.26 Å². The average molecular weight is 203 g/mol. The number of esters is 1. The first-order valence-corrected chi connectivity index (χ1v) is 4.22. The Morgan fingerprint density at radius 3 is 2.67 bits per heavy atom. The molecule has 0 saturated carbocycles. The highest BCUT2D eigenvalue weighted by Gasteiger charge is 2.13. The van der Waals surface area contributed by atoms with Gasteiger partial charge in [-0.1, -0.05) is 0 Å². The third kappa shape index (κ3) is 2.02. The van der Waals surface area contributed by atoms with Crippen LogP contribution in [0.4, 0.5) is 0 Å². The van der Waals surface area contributed by atoms with E-state index in [1.165, 1.54) is 19.2 Å². The van der Waals surface area contributed by atoms with Gasteiger partial charge < -0.3 is 4.74 Å². The van der Waals surface area contributed by atoms with E-state index in [0.717, 1.165) is 0 Å². The van der Waals surface area contributed by atoms with Gasteiger partial charge in [-0.25, -0.2) is 4.79 Å². The molecule has 15 heavy (non-hydrogen) atoms. The Morgan fingerprint density at radius 2 is 2.20 bits per heavy atom. The van der Waals surface area contributed by atoms with Crippen LogP contribution >= 0.6 is 0 Å². The van der Waals surface area contributed by atoms with E-state index in [1.807, 2.05) is 6.07 Å². The predicted molar refractivity (Wildman–Crippen MR) is 52.6 cm³/mol. The number of rotatable bonds is 2. The Bertz CT molecular complexity index is 458. The summed E-state index contributed by atoms with van der Waals surface area (Å²) in [6.07, 6.45) is 0.590. The van der Waals surface area contributed by atoms with Crippen molar-refractivity contribution in [3.05, 3.63) is 34.4 Å². The first-order chi connectivity index (χ1) is 7.13. The van der Waals surface area contributed by atoms with Gasteiger partial charge in [0, 0.05) is 5.56 Å². The van der Waals surface area contributed by atoms with Gasteiger partial charge in [0.15, 0.2) is 0 Å². The molecule has 0 aromatic heterocycles. The standard InChI is InChI=1S/C11H9NO3/c1-7-9(5-12)3-8(6-13)4-10(7)11(14)15-2/h3-4,6H,1-2H3. The Balaban J connectivity index is 3.45. The number of ether oxygens (including phenoxy) is 1. The zero-order chi connectivity index (χ0) is 11.4. The molecule has 0 atom stereocenters. The minimum Gasteiger partial charge on any atom is -0.465 e. The van der Waals surface area contributed by atoms with Gasteiger partial charge in [-0.15, -0.1) is 0 Å². The summed E-state index contributed by atoms with van der Waals surface area (Å²) in [5, 5.41) is 8.80. The fourth-order valence-corrected chi connectivity index (χ4v) is 1.24. The molecule has 0 aliphatic heterocycles. The van der Waals surface area contributed by atoms with Gasteiger partial charge in [0.2, 0.25) is 0 Å². The lowest BCUT2D eigenvalue weighted by molar-refractivity contribution is 0.0600. The Hall–Kier alpha value is -2.15. The van der Waals surface area contributed by atoms with Crippen LogP contribution in [0.15, 0.2) is 12.1 Å². The van der Waals surface area contributed by atoms with Gasteiger partial charge in [-0.05, 0) is 24.6 Å². The number of nitrogens with zero attached hydrogens (tertiary/aromatic N) is 1. The van der Waals surface area contributed by atoms with Crippen LogP contribution in [-0.2, 0) is 4.74 Å². The van der Waals surface area contributed by atoms with Crippen LogP contribution in [0.1, 0.15) is 31.8 Å². The summed E-state index contributed by atoms with van der Waals surface area (Å²) in [5.74, 6) is -0.548. The molecule has 0 N–H and O–H groups in total. The molecule has 1 aromatic rings. The van der Waals surface area contributed by atoms with Crippen molar-refractivity contribution in [1.82, 2.24) is 0 Å². The number of hydrogen-bond acceptors (Lipinski definition) is 4. The molecule has 0 aliphatic rings. The summed E-state index contributed by atoms with van der Waals surface area (Å²) in [7, 11) is 1.25. The van der Waals surface area contributed by atoms with Crippen molar-refractivity contribution in [2.75, 3.05) is 7.11 Å². The maximum atomic E-state index is 11.3. The number of nitriles is 1. The summed E-state index contributed by atoms with van der Waals surface area (Å²) < 4.78 is 4.55. The predicted octanol–water partition coefficient (Wildman–Crippen LogP) is 1.47. The van der Waals surface area contributed by atoms with E-state index in [0.29, 0.717) is 17.4 Å². The minimum atomic E-state index is -0.548. The fourth-order valence-electron chi connectivity index (χ4n) is 1.24. The molecule has 1 rings (SSSR count). The molecule has 0 radical (unpaired) electrons. The Morgan fingerprint density at radius 1 is 1.53 bits per heavy atom. The molecule has 0 saturated heterocycles. The van der Waals surface area contributed by atoms with E-state index in [2.05, 4.69) is 4.74 Å². The third-order valence-corrected chi connectivity index (χ3v) is 2.09. The van der Waals surface area contributed by atoms with Crippen molar-refractivity contribution in [3.8, 4) is 6.07 Å². The number of aldehydes is 1. The lowest BCUT2D eigenvalue weighted by atomic mass is 10.00. The van der Waals surface area contributed by atoms with Crippen molar-refractivity contribution in [2.24, 2.45) is 0 Å². The number of carbonyl (C=O) groups is 2. The first kappa shape index (κ1) is 10.9. The van der Waals surface area contributed by atoms with Crippen molar-refractivity contribution in [1.29, 1.82) is 5.26 Å². The lowest BCUT2D eigenvalue weighted by Crippen LogP contribution is -2.06. The molecule has 76 valence electrons. The monoisotopic (exact) mass is 203 g/mol. The minimum absolute atomic E-state index is 0.249. The van der Waals surface area contributed by atoms with Crippen LogP contribution in [0.2, 0.25) is 0 Å². The smallest absolute Gasteiger partial charge is 0.338 e. The molecule has 0 fully saturated rings. The second-order valence-electron chi connectivity index (χ2n) is 2.96. The van der Waals surface area contributed by atoms with Crippen LogP contribution in [0, 0.1) is 18.3 Å². The molecule has 4 heteroatoms. The molecular formula is C11H9NO3. The zero-order valence-electron chi connectivity index (χ0n) is 8.40. The summed E-state index contributed by atoms with van der Waals surface area (Å²) in [5.41, 5.74) is 1.37. The second-order valence-corrected chi connectivity index (χ2v) is 2.96. The van der Waals surface area contributed by atoms with Gasteiger partial charge in [0.05, 0.1) is 24.3 Å². The Kier molecular flexibility index (Phi) is 3.19. The van der Waals surface area contributed by atoms with Crippen molar-refractivity contribution >= 4 is 12.3 Å². The molecule has 4 nitrogen and oxygen atoms in total. The lowest BCUT2D eigenvalue weighted by Gasteiger charge is -2.06. The summed E-state index contributed by atoms with van der Waals surface area (Å²) in [6.45, 7) is 1.64. The first-order valence-electron chi connectivity index (χ1n) is 4.22. The van der Waals surface area contributed by atoms with Gasteiger partial charge in [0.1, 0.15) is 6.29 Å². The number of methoxy groups -OCH3 is 1. The van der Waals surface area contributed by atoms with Crippen molar-refractivity contribution in [3.63, 3.8) is 0 Å². The quantitative estimate of drug-likeness (QED) is 0.539. The normalized spacial score (nSPS) is 9.13. The zero-order valence-corrected chi connectivity index (χ0v) is 8.40. The number of carbonyl (C=O) groups excluding carboxylic acids is 2. The molecular weight excluding hydrogens is 194 g/mol. The van der Waals surface area contributed by atoms with E-state index < -0.39 is 5.97 Å². The van der Waals surface area contributed by atoms with Crippen LogP contribution in [0.5, 0.6) is 0 Å². The van der Waals surface area contributed by atoms with Gasteiger partial charge in [-0.3, -0.25) is 4.79 Å². The molecule has 1 aromatic carbocycles. The molecule has 0 heterocycles. The van der Waals surface area contributed by atoms with Crippen LogP contribution in [-0.4, -0.2) is 19.4 Å². The third-order valence-electron chi connectivity index (χ3n) is 2.09. The number of benzene rings is 1. The van der Waals surface area contributed by atoms with Crippen molar-refractivity contribution < 1.29 is 14.3 Å². The van der Waals surface area contributed by atoms with Crippen molar-refractivity contribution in [2.45, 2.75) is 6.92 Å². The summed E-state index contributed by atoms with van der Waals surface area (Å²) in [6, 6.07) is 4.77. The SMILES string of the molecule is COC(=O)c1cc(C=O)cc(C#N)c1C. The van der Waals surface area contributed by atoms with E-state index in [-0.39, 0.29) is 11.1 Å². The van der Waals surface area contributed by atoms with Gasteiger partial charge in [-0.2, -0.15) is 5.26 Å². The average Bonchev–Trinajstić information content (AvgIpc) is 2.28. The van der Waals surface area contributed by atoms with E-state index in [9.17, 15) is 9.59 Å². The highest BCUT2D eigenvalue weighted by molar-refractivity contribution is 5.94. The van der Waals surface area contributed by atoms with Crippen LogP contribution < -0.4 is 0 Å². The van der Waals surface area contributed by atoms with Crippen LogP contribution in [0.25, 0.3) is 0 Å². The van der Waals surface area contributed by atoms with Gasteiger partial charge in [0.25, 0.3) is 0 Å². The number of hydrogen-bond donors (Lipinski definition) is 0.